The van der Waals surface area contributed by atoms with Gasteiger partial charge in [0.1, 0.15) is 5.75 Å². The highest BCUT2D eigenvalue weighted by Crippen LogP contribution is 2.33. The van der Waals surface area contributed by atoms with Gasteiger partial charge in [-0.2, -0.15) is 0 Å². The predicted molar refractivity (Wildman–Crippen MR) is 118 cm³/mol. The van der Waals surface area contributed by atoms with E-state index in [4.69, 9.17) is 10.5 Å². The van der Waals surface area contributed by atoms with Crippen molar-refractivity contribution in [3.8, 4) is 16.9 Å². The lowest BCUT2D eigenvalue weighted by Gasteiger charge is -2.31. The van der Waals surface area contributed by atoms with Crippen LogP contribution in [0, 0.1) is 0 Å². The van der Waals surface area contributed by atoms with Gasteiger partial charge in [0, 0.05) is 30.1 Å². The second-order valence-electron chi connectivity index (χ2n) is 7.91. The van der Waals surface area contributed by atoms with E-state index >= 15 is 0 Å². The zero-order valence-corrected chi connectivity index (χ0v) is 17.7. The molecule has 3 heterocycles. The fourth-order valence-corrected chi connectivity index (χ4v) is 4.21. The lowest BCUT2D eigenvalue weighted by atomic mass is 9.88. The van der Waals surface area contributed by atoms with Crippen molar-refractivity contribution in [2.24, 2.45) is 0 Å². The maximum Gasteiger partial charge on any atom is 0.322 e. The van der Waals surface area contributed by atoms with E-state index in [1.165, 1.54) is 7.11 Å². The number of urea groups is 1. The summed E-state index contributed by atoms with van der Waals surface area (Å²) < 4.78 is 5.22. The summed E-state index contributed by atoms with van der Waals surface area (Å²) in [5.41, 5.74) is 7.60. The number of nitrogens with one attached hydrogen (secondary N) is 2. The summed E-state index contributed by atoms with van der Waals surface area (Å²) in [7, 11) is 1.53. The second kappa shape index (κ2) is 7.59. The molecule has 1 saturated heterocycles. The average Bonchev–Trinajstić information content (AvgIpc) is 3.29. The topological polar surface area (TPSA) is 140 Å². The SMILES string of the molecule is COc1ccc2c(c1)C(=O)N(C[C@@]1(c3ccc(-c4cnc(N)nc4)cc3)NC(=O)NC1=O)C2. The molecule has 0 aliphatic carbocycles. The lowest BCUT2D eigenvalue weighted by Crippen LogP contribution is -2.52. The van der Waals surface area contributed by atoms with Gasteiger partial charge in [-0.15, -0.1) is 0 Å². The molecule has 0 saturated carbocycles. The van der Waals surface area contributed by atoms with E-state index in [-0.39, 0.29) is 18.4 Å². The van der Waals surface area contributed by atoms with Gasteiger partial charge in [0.2, 0.25) is 5.95 Å². The number of amides is 4. The summed E-state index contributed by atoms with van der Waals surface area (Å²) in [6.45, 7) is 0.300. The number of hydrogen-bond donors (Lipinski definition) is 3. The quantitative estimate of drug-likeness (QED) is 0.506. The van der Waals surface area contributed by atoms with Crippen LogP contribution in [0.5, 0.6) is 5.75 Å². The Morgan fingerprint density at radius 1 is 1.06 bits per heavy atom. The highest BCUT2D eigenvalue weighted by atomic mass is 16.5. The Balaban J connectivity index is 1.47. The molecule has 2 aliphatic rings. The summed E-state index contributed by atoms with van der Waals surface area (Å²) in [5, 5.41) is 5.04. The van der Waals surface area contributed by atoms with Crippen LogP contribution in [0.1, 0.15) is 21.5 Å². The zero-order chi connectivity index (χ0) is 23.2. The molecule has 0 unspecified atom stereocenters. The van der Waals surface area contributed by atoms with Crippen LogP contribution in [0.25, 0.3) is 11.1 Å². The Morgan fingerprint density at radius 2 is 1.79 bits per heavy atom. The summed E-state index contributed by atoms with van der Waals surface area (Å²) in [6.07, 6.45) is 3.21. The van der Waals surface area contributed by atoms with Gasteiger partial charge in [0.25, 0.3) is 11.8 Å². The summed E-state index contributed by atoms with van der Waals surface area (Å²) >= 11 is 0. The Kier molecular flexibility index (Phi) is 4.70. The standard InChI is InChI=1S/C23H20N6O4/c1-33-17-7-4-14-11-29(19(30)18(14)8-17)12-23(20(31)27-22(32)28-23)16-5-2-13(3-6-16)15-9-25-21(24)26-10-15/h2-10H,11-12H2,1H3,(H2,24,25,26)(H2,27,28,31,32)/t23-/m0/s1. The van der Waals surface area contributed by atoms with Crippen LogP contribution in [-0.2, 0) is 16.9 Å². The highest BCUT2D eigenvalue weighted by Gasteiger charge is 2.50. The van der Waals surface area contributed by atoms with Gasteiger partial charge in [0.05, 0.1) is 13.7 Å². The van der Waals surface area contributed by atoms with Crippen LogP contribution in [0.15, 0.2) is 54.9 Å². The molecular formula is C23H20N6O4. The first kappa shape index (κ1) is 20.4. The van der Waals surface area contributed by atoms with Gasteiger partial charge < -0.3 is 20.7 Å². The molecule has 0 spiro atoms. The normalized spacial score (nSPS) is 19.3. The van der Waals surface area contributed by atoms with Gasteiger partial charge in [-0.25, -0.2) is 14.8 Å². The van der Waals surface area contributed by atoms with E-state index in [1.807, 2.05) is 6.07 Å². The number of hydrogen-bond acceptors (Lipinski definition) is 7. The molecule has 1 aromatic heterocycles. The first-order valence-corrected chi connectivity index (χ1v) is 10.2. The molecule has 3 aromatic rings. The zero-order valence-electron chi connectivity index (χ0n) is 17.7. The number of methoxy groups -OCH3 is 1. The minimum Gasteiger partial charge on any atom is -0.497 e. The van der Waals surface area contributed by atoms with E-state index in [0.717, 1.165) is 16.7 Å². The Bertz CT molecular complexity index is 1280. The Hall–Kier alpha value is -4.47. The third-order valence-corrected chi connectivity index (χ3v) is 5.95. The van der Waals surface area contributed by atoms with Crippen LogP contribution in [0.3, 0.4) is 0 Å². The molecule has 0 bridgehead atoms. The number of imide groups is 1. The van der Waals surface area contributed by atoms with E-state index in [9.17, 15) is 14.4 Å². The van der Waals surface area contributed by atoms with E-state index in [1.54, 1.807) is 53.7 Å². The number of carbonyl (C=O) groups excluding carboxylic acids is 3. The van der Waals surface area contributed by atoms with Crippen LogP contribution in [0.4, 0.5) is 10.7 Å². The number of benzene rings is 2. The van der Waals surface area contributed by atoms with E-state index in [0.29, 0.717) is 23.4 Å². The average molecular weight is 444 g/mol. The number of nitrogen functional groups attached to an aromatic ring is 1. The molecule has 1 atom stereocenters. The van der Waals surface area contributed by atoms with Gasteiger partial charge in [-0.05, 0) is 28.8 Å². The minimum atomic E-state index is -1.42. The van der Waals surface area contributed by atoms with Gasteiger partial charge >= 0.3 is 6.03 Å². The molecule has 2 aliphatic heterocycles. The molecule has 1 fully saturated rings. The largest absolute Gasteiger partial charge is 0.497 e. The fraction of sp³-hybridized carbons (Fsp3) is 0.174. The van der Waals surface area contributed by atoms with Gasteiger partial charge in [-0.1, -0.05) is 30.3 Å². The second-order valence-corrected chi connectivity index (χ2v) is 7.91. The van der Waals surface area contributed by atoms with Gasteiger partial charge in [-0.3, -0.25) is 14.9 Å². The molecule has 10 heteroatoms. The number of anilines is 1. The molecule has 4 amide bonds. The van der Waals surface area contributed by atoms with Crippen LogP contribution >= 0.6 is 0 Å². The first-order valence-electron chi connectivity index (χ1n) is 10.2. The first-order chi connectivity index (χ1) is 15.9. The predicted octanol–water partition coefficient (Wildman–Crippen LogP) is 1.43. The number of nitrogens with two attached hydrogens (primary N) is 1. The van der Waals surface area contributed by atoms with Crippen LogP contribution < -0.4 is 21.1 Å². The third kappa shape index (κ3) is 3.41. The molecule has 4 N–H and O–H groups in total. The van der Waals surface area contributed by atoms with Crippen molar-refractivity contribution < 1.29 is 19.1 Å². The van der Waals surface area contributed by atoms with E-state index < -0.39 is 17.5 Å². The number of rotatable bonds is 5. The third-order valence-electron chi connectivity index (χ3n) is 5.95. The summed E-state index contributed by atoms with van der Waals surface area (Å²) in [4.78, 5) is 47.7. The Morgan fingerprint density at radius 3 is 2.42 bits per heavy atom. The van der Waals surface area contributed by atoms with Crippen LogP contribution in [-0.4, -0.2) is 46.4 Å². The number of ether oxygens (including phenoxy) is 1. The molecule has 10 nitrogen and oxygen atoms in total. The van der Waals surface area contributed by atoms with Crippen molar-refractivity contribution in [3.63, 3.8) is 0 Å². The van der Waals surface area contributed by atoms with Crippen molar-refractivity contribution in [2.75, 3.05) is 19.4 Å². The maximum atomic E-state index is 13.1. The molecule has 166 valence electrons. The molecule has 0 radical (unpaired) electrons. The lowest BCUT2D eigenvalue weighted by molar-refractivity contribution is -0.124. The molecule has 5 rings (SSSR count). The number of aromatic nitrogens is 2. The highest BCUT2D eigenvalue weighted by molar-refractivity contribution is 6.08. The maximum absolute atomic E-state index is 13.1. The van der Waals surface area contributed by atoms with Crippen LogP contribution in [0.2, 0.25) is 0 Å². The monoisotopic (exact) mass is 444 g/mol. The number of carbonyl (C=O) groups is 3. The number of fused-ring (bicyclic) bond motifs is 1. The summed E-state index contributed by atoms with van der Waals surface area (Å²) in [5.74, 6) is 0.00615. The molecule has 2 aromatic carbocycles. The summed E-state index contributed by atoms with van der Waals surface area (Å²) in [6, 6.07) is 11.8. The van der Waals surface area contributed by atoms with Crippen molar-refractivity contribution in [1.29, 1.82) is 0 Å². The Labute approximate surface area is 188 Å². The van der Waals surface area contributed by atoms with E-state index in [2.05, 4.69) is 20.6 Å². The smallest absolute Gasteiger partial charge is 0.322 e. The fourth-order valence-electron chi connectivity index (χ4n) is 4.21. The van der Waals surface area contributed by atoms with Crippen molar-refractivity contribution >= 4 is 23.8 Å². The number of nitrogens with zero attached hydrogens (tertiary/aromatic N) is 3. The van der Waals surface area contributed by atoms with Crippen molar-refractivity contribution in [2.45, 2.75) is 12.1 Å². The molecular weight excluding hydrogens is 424 g/mol. The van der Waals surface area contributed by atoms with Crippen molar-refractivity contribution in [3.05, 3.63) is 71.5 Å². The van der Waals surface area contributed by atoms with Crippen molar-refractivity contribution in [1.82, 2.24) is 25.5 Å². The minimum absolute atomic E-state index is 0.0231. The van der Waals surface area contributed by atoms with Gasteiger partial charge in [0.15, 0.2) is 5.54 Å². The molecule has 33 heavy (non-hydrogen) atoms.